The van der Waals surface area contributed by atoms with Crippen LogP contribution in [-0.2, 0) is 4.74 Å². The van der Waals surface area contributed by atoms with Gasteiger partial charge in [-0.3, -0.25) is 11.3 Å². The molecule has 0 aliphatic carbocycles. The van der Waals surface area contributed by atoms with Crippen LogP contribution in [0.25, 0.3) is 0 Å². The van der Waals surface area contributed by atoms with Crippen molar-refractivity contribution in [2.24, 2.45) is 5.84 Å². The van der Waals surface area contributed by atoms with Crippen molar-refractivity contribution in [1.82, 2.24) is 5.43 Å². The van der Waals surface area contributed by atoms with Crippen LogP contribution in [0.15, 0.2) is 0 Å². The average Bonchev–Trinajstić information content (AvgIpc) is 2.23. The van der Waals surface area contributed by atoms with Crippen molar-refractivity contribution >= 4 is 23.5 Å². The first-order valence-electron chi connectivity index (χ1n) is 5.89. The van der Waals surface area contributed by atoms with Gasteiger partial charge in [0.25, 0.3) is 0 Å². The fourth-order valence-corrected chi connectivity index (χ4v) is 4.67. The molecule has 0 amide bonds. The zero-order valence-corrected chi connectivity index (χ0v) is 12.2. The molecular weight excluding hydrogens is 240 g/mol. The summed E-state index contributed by atoms with van der Waals surface area (Å²) in [5.74, 6) is 6.78. The van der Waals surface area contributed by atoms with Gasteiger partial charge in [-0.2, -0.15) is 23.5 Å². The van der Waals surface area contributed by atoms with Crippen LogP contribution in [0.2, 0.25) is 0 Å². The predicted octanol–water partition coefficient (Wildman–Crippen LogP) is 1.87. The first-order valence-corrected chi connectivity index (χ1v) is 7.88. The van der Waals surface area contributed by atoms with Crippen molar-refractivity contribution in [1.29, 1.82) is 0 Å². The van der Waals surface area contributed by atoms with Crippen LogP contribution in [-0.4, -0.2) is 40.3 Å². The van der Waals surface area contributed by atoms with Crippen LogP contribution in [0, 0.1) is 0 Å². The summed E-state index contributed by atoms with van der Waals surface area (Å²) in [4.78, 5) is 0. The van der Waals surface area contributed by atoms with E-state index in [0.717, 1.165) is 11.0 Å². The zero-order valence-electron chi connectivity index (χ0n) is 10.6. The van der Waals surface area contributed by atoms with E-state index in [0.29, 0.717) is 17.1 Å². The fourth-order valence-electron chi connectivity index (χ4n) is 1.58. The van der Waals surface area contributed by atoms with Crippen molar-refractivity contribution < 1.29 is 4.74 Å². The number of thioether (sulfide) groups is 2. The maximum Gasteiger partial charge on any atom is 0.0647 e. The molecule has 3 nitrogen and oxygen atoms in total. The van der Waals surface area contributed by atoms with Crippen molar-refractivity contribution in [2.75, 3.05) is 12.4 Å². The van der Waals surface area contributed by atoms with Gasteiger partial charge < -0.3 is 4.74 Å². The molecule has 1 saturated heterocycles. The van der Waals surface area contributed by atoms with Crippen LogP contribution in [0.3, 0.4) is 0 Å². The second kappa shape index (κ2) is 7.11. The van der Waals surface area contributed by atoms with E-state index in [-0.39, 0.29) is 12.1 Å². The first kappa shape index (κ1) is 14.6. The molecule has 0 aromatic heterocycles. The van der Waals surface area contributed by atoms with E-state index in [9.17, 15) is 0 Å². The Morgan fingerprint density at radius 3 is 2.56 bits per heavy atom. The summed E-state index contributed by atoms with van der Waals surface area (Å²) < 4.78 is 5.65. The topological polar surface area (TPSA) is 47.3 Å². The van der Waals surface area contributed by atoms with Gasteiger partial charge in [-0.25, -0.2) is 0 Å². The van der Waals surface area contributed by atoms with Crippen molar-refractivity contribution in [3.63, 3.8) is 0 Å². The van der Waals surface area contributed by atoms with Crippen molar-refractivity contribution in [3.05, 3.63) is 0 Å². The molecule has 1 rings (SSSR count). The molecule has 16 heavy (non-hydrogen) atoms. The minimum absolute atomic E-state index is 0.259. The molecule has 0 saturated carbocycles. The van der Waals surface area contributed by atoms with Gasteiger partial charge in [0.05, 0.1) is 18.8 Å². The minimum atomic E-state index is 0.259. The molecule has 0 spiro atoms. The number of nitrogens with one attached hydrogen (secondary N) is 1. The first-order chi connectivity index (χ1) is 7.54. The minimum Gasteiger partial charge on any atom is -0.377 e. The van der Waals surface area contributed by atoms with E-state index in [2.05, 4.69) is 33.1 Å². The Bertz CT molecular complexity index is 204. The molecular formula is C11H24N2OS2. The highest BCUT2D eigenvalue weighted by atomic mass is 32.2. The van der Waals surface area contributed by atoms with Gasteiger partial charge in [0.15, 0.2) is 0 Å². The number of rotatable bonds is 5. The van der Waals surface area contributed by atoms with E-state index >= 15 is 0 Å². The predicted molar refractivity (Wildman–Crippen MR) is 75.0 cm³/mol. The van der Waals surface area contributed by atoms with Gasteiger partial charge in [-0.05, 0) is 13.8 Å². The average molecular weight is 264 g/mol. The van der Waals surface area contributed by atoms with Crippen molar-refractivity contribution in [3.8, 4) is 0 Å². The molecule has 0 aromatic carbocycles. The Morgan fingerprint density at radius 1 is 1.38 bits per heavy atom. The highest BCUT2D eigenvalue weighted by Crippen LogP contribution is 2.36. The summed E-state index contributed by atoms with van der Waals surface area (Å²) in [5.41, 5.74) is 2.90. The molecule has 0 bridgehead atoms. The number of hydrogen-bond acceptors (Lipinski definition) is 5. The van der Waals surface area contributed by atoms with Crippen LogP contribution in [0.1, 0.15) is 27.7 Å². The monoisotopic (exact) mass is 264 g/mol. The third-order valence-electron chi connectivity index (χ3n) is 2.85. The van der Waals surface area contributed by atoms with Gasteiger partial charge >= 0.3 is 0 Å². The maximum absolute atomic E-state index is 5.65. The summed E-state index contributed by atoms with van der Waals surface area (Å²) in [5, 5.41) is 1.99. The molecule has 5 heteroatoms. The fraction of sp³-hybridized carbons (Fsp3) is 1.00. The Morgan fingerprint density at radius 2 is 2.06 bits per heavy atom. The molecule has 4 atom stereocenters. The molecule has 1 aliphatic heterocycles. The molecule has 3 N–H and O–H groups in total. The van der Waals surface area contributed by atoms with Gasteiger partial charge in [-0.1, -0.05) is 13.8 Å². The van der Waals surface area contributed by atoms with E-state index in [1.807, 2.05) is 23.5 Å². The van der Waals surface area contributed by atoms with Gasteiger partial charge in [0, 0.05) is 21.5 Å². The summed E-state index contributed by atoms with van der Waals surface area (Å²) in [6.45, 7) is 9.41. The standard InChI is InChI=1S/C11H24N2OS2/c1-7(2)14-5-10(13-12)11-6-15-8(3)9(4)16-11/h7-11,13H,5-6,12H2,1-4H3. The Balaban J connectivity index is 2.40. The second-order valence-electron chi connectivity index (χ2n) is 4.57. The maximum atomic E-state index is 5.65. The lowest BCUT2D eigenvalue weighted by Gasteiger charge is -2.35. The Labute approximate surface area is 108 Å². The van der Waals surface area contributed by atoms with Crippen LogP contribution >= 0.6 is 23.5 Å². The third kappa shape index (κ3) is 4.45. The smallest absolute Gasteiger partial charge is 0.0647 e. The lowest BCUT2D eigenvalue weighted by atomic mass is 10.2. The molecule has 1 heterocycles. The van der Waals surface area contributed by atoms with E-state index < -0.39 is 0 Å². The SMILES string of the molecule is CC(C)OCC(NN)C1CSC(C)C(C)S1. The van der Waals surface area contributed by atoms with Gasteiger partial charge in [-0.15, -0.1) is 0 Å². The summed E-state index contributed by atoms with van der Waals surface area (Å²) in [6, 6.07) is 0.259. The van der Waals surface area contributed by atoms with Gasteiger partial charge in [0.1, 0.15) is 0 Å². The zero-order chi connectivity index (χ0) is 12.1. The summed E-state index contributed by atoms with van der Waals surface area (Å²) in [7, 11) is 0. The lowest BCUT2D eigenvalue weighted by molar-refractivity contribution is 0.0617. The Hall–Kier alpha value is 0.580. The quantitative estimate of drug-likeness (QED) is 0.586. The lowest BCUT2D eigenvalue weighted by Crippen LogP contribution is -2.49. The van der Waals surface area contributed by atoms with Crippen LogP contribution in [0.5, 0.6) is 0 Å². The highest BCUT2D eigenvalue weighted by Gasteiger charge is 2.30. The highest BCUT2D eigenvalue weighted by molar-refractivity contribution is 8.07. The largest absolute Gasteiger partial charge is 0.377 e. The Kier molecular flexibility index (Phi) is 6.51. The van der Waals surface area contributed by atoms with Crippen LogP contribution < -0.4 is 11.3 Å². The number of hydrogen-bond donors (Lipinski definition) is 2. The molecule has 1 fully saturated rings. The molecule has 1 aliphatic rings. The molecule has 96 valence electrons. The molecule has 0 radical (unpaired) electrons. The van der Waals surface area contributed by atoms with E-state index in [4.69, 9.17) is 10.6 Å². The normalized spacial score (nSPS) is 33.0. The molecule has 0 aromatic rings. The summed E-state index contributed by atoms with van der Waals surface area (Å²) in [6.07, 6.45) is 0.272. The third-order valence-corrected chi connectivity index (χ3v) is 6.40. The number of ether oxygens (including phenoxy) is 1. The van der Waals surface area contributed by atoms with Gasteiger partial charge in [0.2, 0.25) is 0 Å². The molecule has 4 unspecified atom stereocenters. The summed E-state index contributed by atoms with van der Waals surface area (Å²) >= 11 is 4.08. The number of hydrazine groups is 1. The van der Waals surface area contributed by atoms with E-state index in [1.54, 1.807) is 0 Å². The van der Waals surface area contributed by atoms with E-state index in [1.165, 1.54) is 0 Å². The van der Waals surface area contributed by atoms with Crippen LogP contribution in [0.4, 0.5) is 0 Å². The number of nitrogens with two attached hydrogens (primary N) is 1. The second-order valence-corrected chi connectivity index (χ2v) is 7.60. The van der Waals surface area contributed by atoms with Crippen molar-refractivity contribution in [2.45, 2.75) is 55.6 Å².